The molecule has 0 radical (unpaired) electrons. The van der Waals surface area contributed by atoms with Crippen molar-refractivity contribution in [3.05, 3.63) is 0 Å². The highest BCUT2D eigenvalue weighted by Gasteiger charge is 2.34. The van der Waals surface area contributed by atoms with Crippen molar-refractivity contribution in [3.8, 4) is 0 Å². The van der Waals surface area contributed by atoms with Crippen LogP contribution >= 0.6 is 30.6 Å². The Balaban J connectivity index is 6.62. The van der Waals surface area contributed by atoms with Crippen LogP contribution in [0.3, 0.4) is 0 Å². The number of hydrogen-bond donors (Lipinski definition) is 9. The normalized spacial score (nSPS) is 17.6. The zero-order chi connectivity index (χ0) is 29.9. The van der Waals surface area contributed by atoms with Crippen molar-refractivity contribution in [1.82, 2.24) is 15.3 Å². The summed E-state index contributed by atoms with van der Waals surface area (Å²) in [5.74, 6) is -2.88. The number of nitrogens with zero attached hydrogens (tertiary/aromatic N) is 3. The van der Waals surface area contributed by atoms with Gasteiger partial charge >= 0.3 is 33.2 Å². The van der Waals surface area contributed by atoms with Crippen molar-refractivity contribution in [3.63, 3.8) is 0 Å². The summed E-state index contributed by atoms with van der Waals surface area (Å²) in [5, 5.41) is 5.87. The van der Waals surface area contributed by atoms with Gasteiger partial charge in [-0.2, -0.15) is 4.52 Å². The maximum absolute atomic E-state index is 12.7. The zero-order valence-corrected chi connectivity index (χ0v) is 25.1. The lowest BCUT2D eigenvalue weighted by Gasteiger charge is -2.23. The standard InChI is InChI=1S/C15H36N6O13P4/c1-7-32-13(22)10(4)16-35(25,19-36(26,27)17-11(5)14(23)33-8-2)20-38(30,31)21-37(28,29)18-12(6)15(24)34-9-3/h10-12,16,18,25,28-31H,7-9H2,1-6H3,(H2,17,26,27)/t10-,11-,12-,35?/m0/s1. The molecule has 5 atom stereocenters. The lowest BCUT2D eigenvalue weighted by Crippen LogP contribution is -2.34. The molecule has 0 saturated carbocycles. The van der Waals surface area contributed by atoms with Gasteiger partial charge in [0, 0.05) is 0 Å². The smallest absolute Gasteiger partial charge is 0.388 e. The van der Waals surface area contributed by atoms with E-state index in [2.05, 4.69) is 23.4 Å². The molecule has 0 fully saturated rings. The summed E-state index contributed by atoms with van der Waals surface area (Å²) >= 11 is 0. The fourth-order valence-electron chi connectivity index (χ4n) is 2.37. The molecule has 38 heavy (non-hydrogen) atoms. The van der Waals surface area contributed by atoms with Gasteiger partial charge in [-0.25, -0.2) is 19.8 Å². The van der Waals surface area contributed by atoms with Crippen LogP contribution in [0.2, 0.25) is 0 Å². The van der Waals surface area contributed by atoms with Gasteiger partial charge in [-0.3, -0.25) is 14.4 Å². The van der Waals surface area contributed by atoms with Gasteiger partial charge in [0.05, 0.1) is 19.8 Å². The topological polar surface area (TPSA) is 291 Å². The zero-order valence-electron chi connectivity index (χ0n) is 21.5. The van der Waals surface area contributed by atoms with Crippen LogP contribution in [0.1, 0.15) is 41.5 Å². The number of carbonyl (C=O) groups excluding carboxylic acids is 3. The van der Waals surface area contributed by atoms with Crippen molar-refractivity contribution in [2.75, 3.05) is 19.8 Å². The molecule has 0 bridgehead atoms. The van der Waals surface area contributed by atoms with Gasteiger partial charge in [-0.15, -0.1) is 9.03 Å². The third-order valence-electron chi connectivity index (χ3n) is 3.75. The maximum Gasteiger partial charge on any atom is 0.388 e. The molecule has 0 aliphatic rings. The molecule has 0 saturated heterocycles. The monoisotopic (exact) mass is 632 g/mol. The van der Waals surface area contributed by atoms with Gasteiger partial charge in [0.1, 0.15) is 18.1 Å². The summed E-state index contributed by atoms with van der Waals surface area (Å²) in [6.07, 6.45) is 0. The summed E-state index contributed by atoms with van der Waals surface area (Å²) < 4.78 is 36.1. The fourth-order valence-corrected chi connectivity index (χ4v) is 10.0. The van der Waals surface area contributed by atoms with E-state index in [1.54, 1.807) is 0 Å². The molecule has 0 aromatic carbocycles. The second kappa shape index (κ2) is 15.7. The van der Waals surface area contributed by atoms with Crippen molar-refractivity contribution in [2.45, 2.75) is 59.7 Å². The Morgan fingerprint density at radius 1 is 0.658 bits per heavy atom. The first-order valence-corrected chi connectivity index (χ1v) is 17.4. The average molecular weight is 632 g/mol. The van der Waals surface area contributed by atoms with Crippen LogP contribution in [0, 0.1) is 0 Å². The minimum atomic E-state index is -5.32. The van der Waals surface area contributed by atoms with Gasteiger partial charge in [0.25, 0.3) is 15.2 Å². The van der Waals surface area contributed by atoms with E-state index in [9.17, 15) is 48.3 Å². The Bertz CT molecular complexity index is 1060. The van der Waals surface area contributed by atoms with E-state index in [4.69, 9.17) is 9.47 Å². The summed E-state index contributed by atoms with van der Waals surface area (Å²) in [4.78, 5) is 97.5. The van der Waals surface area contributed by atoms with Crippen molar-refractivity contribution >= 4 is 48.5 Å². The molecule has 0 aromatic heterocycles. The minimum Gasteiger partial charge on any atom is -0.465 e. The number of carbonyl (C=O) groups is 3. The van der Waals surface area contributed by atoms with Gasteiger partial charge in [0.15, 0.2) is 0 Å². The van der Waals surface area contributed by atoms with Gasteiger partial charge in [0.2, 0.25) is 0 Å². The Morgan fingerprint density at radius 2 is 1.03 bits per heavy atom. The van der Waals surface area contributed by atoms with Crippen LogP contribution in [-0.4, -0.2) is 85.2 Å². The third kappa shape index (κ3) is 14.4. The maximum atomic E-state index is 12.7. The third-order valence-corrected chi connectivity index (χ3v) is 11.8. The van der Waals surface area contributed by atoms with Crippen LogP contribution in [-0.2, 0) is 33.2 Å². The quantitative estimate of drug-likeness (QED) is 0.0675. The van der Waals surface area contributed by atoms with Crippen LogP contribution in [0.5, 0.6) is 0 Å². The summed E-state index contributed by atoms with van der Waals surface area (Å²) in [6, 6.07) is -4.30. The Hall–Kier alpha value is -1.03. The fraction of sp³-hybridized carbons (Fsp3) is 0.800. The van der Waals surface area contributed by atoms with E-state index in [0.717, 1.165) is 20.8 Å². The predicted octanol–water partition coefficient (Wildman–Crippen LogP) is 0.510. The van der Waals surface area contributed by atoms with Gasteiger partial charge < -0.3 is 43.6 Å². The highest BCUT2D eigenvalue weighted by Crippen LogP contribution is 2.64. The van der Waals surface area contributed by atoms with Crippen LogP contribution < -0.4 is 15.3 Å². The van der Waals surface area contributed by atoms with E-state index in [0.29, 0.717) is 0 Å². The van der Waals surface area contributed by atoms with E-state index in [-0.39, 0.29) is 19.8 Å². The molecule has 224 valence electrons. The molecule has 0 aromatic rings. The molecule has 0 aliphatic heterocycles. The second-order valence-corrected chi connectivity index (χ2v) is 14.7. The average Bonchev–Trinajstić information content (AvgIpc) is 2.71. The second-order valence-electron chi connectivity index (χ2n) is 7.29. The van der Waals surface area contributed by atoms with E-state index in [1.807, 2.05) is 10.2 Å². The molecule has 0 spiro atoms. The highest BCUT2D eigenvalue weighted by molar-refractivity contribution is 7.74. The van der Waals surface area contributed by atoms with Gasteiger partial charge in [-0.1, -0.05) is 0 Å². The van der Waals surface area contributed by atoms with E-state index < -0.39 is 66.6 Å². The summed E-state index contributed by atoms with van der Waals surface area (Å²) in [6.45, 7) is 7.67. The number of esters is 3. The van der Waals surface area contributed by atoms with E-state index >= 15 is 0 Å². The summed E-state index contributed by atoms with van der Waals surface area (Å²) in [7, 11) is -20.3. The highest BCUT2D eigenvalue weighted by atomic mass is 31.3. The number of rotatable bonds is 15. The molecule has 2 unspecified atom stereocenters. The lowest BCUT2D eigenvalue weighted by molar-refractivity contribution is -0.145. The molecular weight excluding hydrogens is 596 g/mol. The van der Waals surface area contributed by atoms with Crippen molar-refractivity contribution in [2.24, 2.45) is 13.5 Å². The number of ether oxygens (including phenoxy) is 3. The molecule has 0 aliphatic carbocycles. The number of nitrogens with one attached hydrogen (secondary N) is 3. The van der Waals surface area contributed by atoms with E-state index in [1.165, 1.54) is 20.8 Å². The molecule has 0 rings (SSSR count). The van der Waals surface area contributed by atoms with Crippen molar-refractivity contribution in [1.29, 1.82) is 0 Å². The first-order chi connectivity index (χ1) is 17.2. The SMILES string of the molecule is CCOC(=O)[C@H](C)NP(=O)(O)N=P(O)(N=P(O)(O)N=P(O)(O)N[C@@H](C)C(=O)OCC)N[C@@H](C)C(=O)OCC. The van der Waals surface area contributed by atoms with Crippen molar-refractivity contribution < 1.29 is 62.5 Å². The largest absolute Gasteiger partial charge is 0.465 e. The minimum absolute atomic E-state index is 0.0378. The molecular formula is C15H36N6O13P4. The summed E-state index contributed by atoms with van der Waals surface area (Å²) in [5.41, 5.74) is 0. The van der Waals surface area contributed by atoms with Crippen LogP contribution in [0.4, 0.5) is 0 Å². The van der Waals surface area contributed by atoms with Crippen LogP contribution in [0.25, 0.3) is 0 Å². The first-order valence-electron chi connectivity index (χ1n) is 10.9. The predicted molar refractivity (Wildman–Crippen MR) is 137 cm³/mol. The Labute approximate surface area is 219 Å². The Morgan fingerprint density at radius 3 is 1.42 bits per heavy atom. The lowest BCUT2D eigenvalue weighted by atomic mass is 10.4. The molecule has 19 nitrogen and oxygen atoms in total. The van der Waals surface area contributed by atoms with Crippen LogP contribution in [0.15, 0.2) is 13.5 Å². The first kappa shape index (κ1) is 37.0. The molecule has 0 amide bonds. The molecule has 0 heterocycles. The Kier molecular flexibility index (Phi) is 15.3. The molecule has 9 N–H and O–H groups in total. The van der Waals surface area contributed by atoms with Gasteiger partial charge in [-0.05, 0) is 41.5 Å². The number of hydrogen-bond acceptors (Lipinski definition) is 7. The molecule has 23 heteroatoms.